The molecule has 2 aliphatic rings. The zero-order chi connectivity index (χ0) is 21.1. The molecule has 0 radical (unpaired) electrons. The summed E-state index contributed by atoms with van der Waals surface area (Å²) in [6.45, 7) is 1.46. The molecule has 3 aromatic heterocycles. The van der Waals surface area contributed by atoms with E-state index in [1.54, 1.807) is 17.1 Å². The lowest BCUT2D eigenvalue weighted by Crippen LogP contribution is -2.13. The normalized spacial score (nSPS) is 17.1. The lowest BCUT2D eigenvalue weighted by molar-refractivity contribution is 0.249. The molecule has 0 fully saturated rings. The molecular formula is C21H20FN7O2. The molecule has 10 heteroatoms. The smallest absolute Gasteiger partial charge is 0.171 e. The Kier molecular flexibility index (Phi) is 3.90. The third-order valence-electron chi connectivity index (χ3n) is 5.93. The van der Waals surface area contributed by atoms with Crippen LogP contribution >= 0.6 is 0 Å². The monoisotopic (exact) mass is 421 g/mol. The summed E-state index contributed by atoms with van der Waals surface area (Å²) in [7, 11) is 1.86. The van der Waals surface area contributed by atoms with E-state index in [0.29, 0.717) is 49.1 Å². The van der Waals surface area contributed by atoms with Gasteiger partial charge in [-0.2, -0.15) is 5.10 Å². The Balaban J connectivity index is 1.52. The fourth-order valence-corrected chi connectivity index (χ4v) is 4.45. The van der Waals surface area contributed by atoms with Crippen molar-refractivity contribution in [3.63, 3.8) is 0 Å². The van der Waals surface area contributed by atoms with Crippen molar-refractivity contribution in [3.05, 3.63) is 53.2 Å². The number of nitrogens with zero attached hydrogens (tertiary/aromatic N) is 5. The van der Waals surface area contributed by atoms with Crippen molar-refractivity contribution in [1.82, 2.24) is 24.4 Å². The number of ether oxygens (including phenoxy) is 2. The van der Waals surface area contributed by atoms with Gasteiger partial charge in [-0.15, -0.1) is 10.2 Å². The fourth-order valence-electron chi connectivity index (χ4n) is 4.45. The van der Waals surface area contributed by atoms with Gasteiger partial charge in [0.25, 0.3) is 0 Å². The summed E-state index contributed by atoms with van der Waals surface area (Å²) in [6, 6.07) is 6.99. The van der Waals surface area contributed by atoms with Crippen LogP contribution < -0.4 is 20.5 Å². The molecular weight excluding hydrogens is 401 g/mol. The molecule has 158 valence electrons. The third kappa shape index (κ3) is 2.68. The molecule has 0 unspecified atom stereocenters. The van der Waals surface area contributed by atoms with Gasteiger partial charge >= 0.3 is 0 Å². The Morgan fingerprint density at radius 3 is 2.87 bits per heavy atom. The Morgan fingerprint density at radius 1 is 1.23 bits per heavy atom. The maximum atomic E-state index is 14.7. The van der Waals surface area contributed by atoms with Gasteiger partial charge in [-0.1, -0.05) is 0 Å². The highest BCUT2D eigenvalue weighted by atomic mass is 19.1. The number of anilines is 1. The fraction of sp³-hybridized carbons (Fsp3) is 0.286. The SMILES string of the molecule is Cn1nc(CN)cc1-c1cc2c(n3cnnc13)NCc1c(F)ccc3c1[C@H](CO3)CO2. The number of nitrogens with one attached hydrogen (secondary N) is 1. The van der Waals surface area contributed by atoms with E-state index in [0.717, 1.165) is 28.3 Å². The average molecular weight is 421 g/mol. The molecule has 0 saturated heterocycles. The molecule has 5 heterocycles. The predicted octanol–water partition coefficient (Wildman–Crippen LogP) is 2.21. The van der Waals surface area contributed by atoms with Crippen LogP contribution in [0.1, 0.15) is 22.7 Å². The predicted molar refractivity (Wildman–Crippen MR) is 111 cm³/mol. The average Bonchev–Trinajstić information content (AvgIpc) is 3.50. The highest BCUT2D eigenvalue weighted by Crippen LogP contribution is 2.41. The topological polar surface area (TPSA) is 105 Å². The number of rotatable bonds is 2. The van der Waals surface area contributed by atoms with Crippen molar-refractivity contribution in [2.45, 2.75) is 19.0 Å². The van der Waals surface area contributed by atoms with Gasteiger partial charge < -0.3 is 20.5 Å². The van der Waals surface area contributed by atoms with E-state index in [1.807, 2.05) is 23.6 Å². The molecule has 6 rings (SSSR count). The van der Waals surface area contributed by atoms with E-state index in [9.17, 15) is 4.39 Å². The Labute approximate surface area is 176 Å². The Bertz CT molecular complexity index is 1330. The summed E-state index contributed by atoms with van der Waals surface area (Å²) >= 11 is 0. The minimum Gasteiger partial charge on any atom is -0.493 e. The largest absolute Gasteiger partial charge is 0.493 e. The van der Waals surface area contributed by atoms with E-state index in [-0.39, 0.29) is 11.7 Å². The molecule has 1 atom stereocenters. The van der Waals surface area contributed by atoms with Crippen molar-refractivity contribution in [1.29, 1.82) is 0 Å². The quantitative estimate of drug-likeness (QED) is 0.511. The third-order valence-corrected chi connectivity index (χ3v) is 5.93. The standard InChI is InChI=1S/C21H20FN7O2/c1-28-16(4-12(6-23)27-28)13-5-18-21(29-10-25-26-20(13)29)24-7-14-15(22)2-3-17-19(14)11(8-30-17)9-31-18/h2-5,10-11,24H,6-9,23H2,1H3/t11-/m1/s1. The number of nitrogens with two attached hydrogens (primary N) is 1. The van der Waals surface area contributed by atoms with Crippen LogP contribution in [-0.4, -0.2) is 37.6 Å². The highest BCUT2D eigenvalue weighted by Gasteiger charge is 2.31. The lowest BCUT2D eigenvalue weighted by atomic mass is 9.96. The molecule has 0 spiro atoms. The molecule has 4 aromatic rings. The van der Waals surface area contributed by atoms with E-state index in [1.165, 1.54) is 6.07 Å². The Hall–Kier alpha value is -3.66. The van der Waals surface area contributed by atoms with Crippen molar-refractivity contribution in [2.24, 2.45) is 12.8 Å². The molecule has 9 nitrogen and oxygen atoms in total. The molecule has 3 N–H and O–H groups in total. The number of aryl methyl sites for hydroxylation is 1. The van der Waals surface area contributed by atoms with Crippen LogP contribution in [0.15, 0.2) is 30.6 Å². The first-order valence-electron chi connectivity index (χ1n) is 10.0. The van der Waals surface area contributed by atoms with Crippen LogP contribution in [0, 0.1) is 5.82 Å². The van der Waals surface area contributed by atoms with Crippen LogP contribution in [0.25, 0.3) is 16.9 Å². The number of hydrogen-bond acceptors (Lipinski definition) is 7. The van der Waals surface area contributed by atoms with Crippen LogP contribution in [0.3, 0.4) is 0 Å². The summed E-state index contributed by atoms with van der Waals surface area (Å²) in [4.78, 5) is 0. The van der Waals surface area contributed by atoms with E-state index < -0.39 is 0 Å². The zero-order valence-corrected chi connectivity index (χ0v) is 16.8. The molecule has 0 aliphatic carbocycles. The lowest BCUT2D eigenvalue weighted by Gasteiger charge is -2.16. The summed E-state index contributed by atoms with van der Waals surface area (Å²) in [6.07, 6.45) is 1.62. The van der Waals surface area contributed by atoms with Crippen LogP contribution in [0.2, 0.25) is 0 Å². The first-order chi connectivity index (χ1) is 15.1. The van der Waals surface area contributed by atoms with Gasteiger partial charge in [0, 0.05) is 36.8 Å². The van der Waals surface area contributed by atoms with Gasteiger partial charge in [0.15, 0.2) is 17.2 Å². The molecule has 0 bridgehead atoms. The minimum atomic E-state index is -0.258. The zero-order valence-electron chi connectivity index (χ0n) is 16.8. The summed E-state index contributed by atoms with van der Waals surface area (Å²) in [5, 5.41) is 16.2. The number of halogens is 1. The van der Waals surface area contributed by atoms with Crippen molar-refractivity contribution in [2.75, 3.05) is 18.5 Å². The first-order valence-corrected chi connectivity index (χ1v) is 10.0. The Morgan fingerprint density at radius 2 is 2.06 bits per heavy atom. The number of fused-ring (bicyclic) bond motifs is 3. The van der Waals surface area contributed by atoms with Crippen LogP contribution in [0.4, 0.5) is 10.2 Å². The number of benzene rings is 1. The van der Waals surface area contributed by atoms with Crippen molar-refractivity contribution < 1.29 is 13.9 Å². The molecule has 2 aliphatic heterocycles. The van der Waals surface area contributed by atoms with Crippen molar-refractivity contribution >= 4 is 11.5 Å². The van der Waals surface area contributed by atoms with E-state index >= 15 is 0 Å². The second-order valence-corrected chi connectivity index (χ2v) is 7.75. The van der Waals surface area contributed by atoms with Gasteiger partial charge in [-0.25, -0.2) is 4.39 Å². The van der Waals surface area contributed by atoms with E-state index in [2.05, 4.69) is 20.6 Å². The van der Waals surface area contributed by atoms with Crippen molar-refractivity contribution in [3.8, 4) is 22.8 Å². The molecule has 0 amide bonds. The number of pyridine rings is 1. The molecule has 31 heavy (non-hydrogen) atoms. The summed E-state index contributed by atoms with van der Waals surface area (Å²) < 4.78 is 30.3. The second kappa shape index (κ2) is 6.67. The van der Waals surface area contributed by atoms with Gasteiger partial charge in [0.1, 0.15) is 17.9 Å². The van der Waals surface area contributed by atoms with Gasteiger partial charge in [0.2, 0.25) is 0 Å². The van der Waals surface area contributed by atoms with Gasteiger partial charge in [0.05, 0.1) is 30.5 Å². The molecule has 0 saturated carbocycles. The van der Waals surface area contributed by atoms with Gasteiger partial charge in [-0.3, -0.25) is 9.08 Å². The van der Waals surface area contributed by atoms with Crippen LogP contribution in [0.5, 0.6) is 11.5 Å². The number of aromatic nitrogens is 5. The first kappa shape index (κ1) is 18.1. The van der Waals surface area contributed by atoms with E-state index in [4.69, 9.17) is 15.2 Å². The molecule has 1 aromatic carbocycles. The summed E-state index contributed by atoms with van der Waals surface area (Å²) in [5.74, 6) is 1.71. The highest BCUT2D eigenvalue weighted by molar-refractivity contribution is 5.80. The second-order valence-electron chi connectivity index (χ2n) is 7.75. The summed E-state index contributed by atoms with van der Waals surface area (Å²) in [5.41, 5.74) is 10.3. The maximum Gasteiger partial charge on any atom is 0.171 e. The van der Waals surface area contributed by atoms with Crippen LogP contribution in [-0.2, 0) is 20.1 Å². The van der Waals surface area contributed by atoms with Gasteiger partial charge in [-0.05, 0) is 24.3 Å². The maximum absolute atomic E-state index is 14.7. The number of hydrogen-bond donors (Lipinski definition) is 2. The minimum absolute atomic E-state index is 0.0472.